The van der Waals surface area contributed by atoms with Crippen molar-refractivity contribution in [2.75, 3.05) is 26.7 Å². The maximum absolute atomic E-state index is 13.1. The molecule has 1 fully saturated rings. The molecule has 0 saturated carbocycles. The molecule has 2 aliphatic rings. The third-order valence-corrected chi connectivity index (χ3v) is 6.29. The van der Waals surface area contributed by atoms with Crippen LogP contribution >= 0.6 is 11.3 Å². The molecular formula is C21H25N3O3S. The van der Waals surface area contributed by atoms with Crippen molar-refractivity contribution in [2.24, 2.45) is 5.10 Å². The van der Waals surface area contributed by atoms with Gasteiger partial charge in [-0.05, 0) is 55.1 Å². The lowest BCUT2D eigenvalue weighted by Gasteiger charge is -2.29. The number of thiophene rings is 1. The van der Waals surface area contributed by atoms with Gasteiger partial charge < -0.3 is 9.84 Å². The average Bonchev–Trinajstić information content (AvgIpc) is 3.38. The Hall–Kier alpha value is -2.38. The number of benzene rings is 1. The summed E-state index contributed by atoms with van der Waals surface area (Å²) in [6, 6.07) is 9.13. The molecule has 2 aliphatic heterocycles. The smallest absolute Gasteiger partial charge is 0.257 e. The van der Waals surface area contributed by atoms with Crippen molar-refractivity contribution in [1.82, 2.24) is 9.91 Å². The van der Waals surface area contributed by atoms with Gasteiger partial charge in [-0.2, -0.15) is 5.10 Å². The van der Waals surface area contributed by atoms with Gasteiger partial charge in [0.25, 0.3) is 5.91 Å². The zero-order chi connectivity index (χ0) is 19.5. The van der Waals surface area contributed by atoms with Gasteiger partial charge in [-0.25, -0.2) is 5.01 Å². The van der Waals surface area contributed by atoms with Crippen molar-refractivity contribution in [3.63, 3.8) is 0 Å². The average molecular weight is 400 g/mol. The minimum atomic E-state index is -0.216. The number of hydrogen-bond donors (Lipinski definition) is 1. The SMILES string of the molecule is COc1ccc([C@@H]2CC(c3cccs3)=NN2C(=O)CN2CCCCC2)cc1O. The summed E-state index contributed by atoms with van der Waals surface area (Å²) in [5, 5.41) is 18.5. The molecule has 6 nitrogen and oxygen atoms in total. The van der Waals surface area contributed by atoms with Gasteiger partial charge in [0.1, 0.15) is 0 Å². The lowest BCUT2D eigenvalue weighted by atomic mass is 10.0. The van der Waals surface area contributed by atoms with Crippen molar-refractivity contribution in [2.45, 2.75) is 31.7 Å². The lowest BCUT2D eigenvalue weighted by molar-refractivity contribution is -0.134. The van der Waals surface area contributed by atoms with E-state index >= 15 is 0 Å². The van der Waals surface area contributed by atoms with E-state index in [4.69, 9.17) is 9.84 Å². The second-order valence-electron chi connectivity index (χ2n) is 7.25. The summed E-state index contributed by atoms with van der Waals surface area (Å²) in [4.78, 5) is 16.4. The number of rotatable bonds is 5. The number of ether oxygens (including phenoxy) is 1. The standard InChI is InChI=1S/C21H25N3O3S/c1-27-19-8-7-15(12-18(19)25)17-13-16(20-6-5-11-28-20)22-24(17)21(26)14-23-9-3-2-4-10-23/h5-8,11-12,17,25H,2-4,9-10,13-14H2,1H3/t17-/m0/s1. The number of phenols is 1. The highest BCUT2D eigenvalue weighted by molar-refractivity contribution is 7.12. The second-order valence-corrected chi connectivity index (χ2v) is 8.20. The maximum Gasteiger partial charge on any atom is 0.257 e. The monoisotopic (exact) mass is 399 g/mol. The molecule has 0 radical (unpaired) electrons. The van der Waals surface area contributed by atoms with Crippen LogP contribution in [0.4, 0.5) is 0 Å². The molecule has 2 aromatic rings. The number of amides is 1. The van der Waals surface area contributed by atoms with E-state index in [0.717, 1.165) is 42.1 Å². The third-order valence-electron chi connectivity index (χ3n) is 5.37. The molecule has 148 valence electrons. The fourth-order valence-electron chi connectivity index (χ4n) is 3.89. The molecule has 0 unspecified atom stereocenters. The quantitative estimate of drug-likeness (QED) is 0.834. The largest absolute Gasteiger partial charge is 0.504 e. The first-order chi connectivity index (χ1) is 13.7. The number of carbonyl (C=O) groups is 1. The summed E-state index contributed by atoms with van der Waals surface area (Å²) in [5.74, 6) is 0.508. The molecule has 7 heteroatoms. The molecule has 1 aromatic heterocycles. The Morgan fingerprint density at radius 2 is 2.11 bits per heavy atom. The number of piperidine rings is 1. The molecular weight excluding hydrogens is 374 g/mol. The number of phenolic OH excluding ortho intramolecular Hbond substituents is 1. The van der Waals surface area contributed by atoms with Crippen molar-refractivity contribution < 1.29 is 14.6 Å². The molecule has 1 N–H and O–H groups in total. The Kier molecular flexibility index (Phi) is 5.64. The number of methoxy groups -OCH3 is 1. The molecule has 1 atom stereocenters. The Morgan fingerprint density at radius 1 is 1.29 bits per heavy atom. The van der Waals surface area contributed by atoms with E-state index in [9.17, 15) is 9.90 Å². The molecule has 1 aromatic carbocycles. The third kappa shape index (κ3) is 3.91. The van der Waals surface area contributed by atoms with E-state index < -0.39 is 0 Å². The summed E-state index contributed by atoms with van der Waals surface area (Å²) < 4.78 is 5.15. The maximum atomic E-state index is 13.1. The summed E-state index contributed by atoms with van der Waals surface area (Å²) in [6.07, 6.45) is 4.17. The number of aromatic hydroxyl groups is 1. The Balaban J connectivity index is 1.60. The summed E-state index contributed by atoms with van der Waals surface area (Å²) in [7, 11) is 1.52. The van der Waals surface area contributed by atoms with Crippen LogP contribution in [-0.2, 0) is 4.79 Å². The molecule has 28 heavy (non-hydrogen) atoms. The second kappa shape index (κ2) is 8.32. The first kappa shape index (κ1) is 19.0. The fourth-order valence-corrected chi connectivity index (χ4v) is 4.61. The Morgan fingerprint density at radius 3 is 2.79 bits per heavy atom. The Bertz CT molecular complexity index is 860. The molecule has 0 aliphatic carbocycles. The van der Waals surface area contributed by atoms with Gasteiger partial charge in [0.2, 0.25) is 0 Å². The highest BCUT2D eigenvalue weighted by atomic mass is 32.1. The van der Waals surface area contributed by atoms with Crippen molar-refractivity contribution >= 4 is 23.0 Å². The van der Waals surface area contributed by atoms with Crippen molar-refractivity contribution in [3.05, 3.63) is 46.2 Å². The van der Waals surface area contributed by atoms with Crippen LogP contribution in [0.15, 0.2) is 40.8 Å². The number of nitrogens with zero attached hydrogens (tertiary/aromatic N) is 3. The van der Waals surface area contributed by atoms with Crippen LogP contribution in [0.2, 0.25) is 0 Å². The van der Waals surface area contributed by atoms with Crippen LogP contribution in [0.1, 0.15) is 42.2 Å². The predicted octanol–water partition coefficient (Wildman–Crippen LogP) is 3.63. The fraction of sp³-hybridized carbons (Fsp3) is 0.429. The lowest BCUT2D eigenvalue weighted by Crippen LogP contribution is -2.40. The van der Waals surface area contributed by atoms with Gasteiger partial charge in [-0.3, -0.25) is 9.69 Å². The molecule has 4 rings (SSSR count). The summed E-state index contributed by atoms with van der Waals surface area (Å²) >= 11 is 1.63. The number of hydrazone groups is 1. The van der Waals surface area contributed by atoms with Crippen molar-refractivity contribution in [1.29, 1.82) is 0 Å². The van der Waals surface area contributed by atoms with Gasteiger partial charge in [-0.15, -0.1) is 11.3 Å². The molecule has 1 saturated heterocycles. The zero-order valence-electron chi connectivity index (χ0n) is 16.0. The van der Waals surface area contributed by atoms with Crippen LogP contribution < -0.4 is 4.74 Å². The number of likely N-dealkylation sites (tertiary alicyclic amines) is 1. The van der Waals surface area contributed by atoms with E-state index in [2.05, 4.69) is 4.90 Å². The highest BCUT2D eigenvalue weighted by Gasteiger charge is 2.34. The van der Waals surface area contributed by atoms with E-state index in [-0.39, 0.29) is 17.7 Å². The van der Waals surface area contributed by atoms with E-state index in [0.29, 0.717) is 18.7 Å². The summed E-state index contributed by atoms with van der Waals surface area (Å²) in [6.45, 7) is 2.32. The molecule has 0 spiro atoms. The van der Waals surface area contributed by atoms with Gasteiger partial charge in [-0.1, -0.05) is 18.6 Å². The van der Waals surface area contributed by atoms with Crippen LogP contribution in [-0.4, -0.2) is 53.4 Å². The topological polar surface area (TPSA) is 65.4 Å². The van der Waals surface area contributed by atoms with Gasteiger partial charge >= 0.3 is 0 Å². The van der Waals surface area contributed by atoms with E-state index in [1.807, 2.05) is 23.6 Å². The number of carbonyl (C=O) groups excluding carboxylic acids is 1. The molecule has 0 bridgehead atoms. The van der Waals surface area contributed by atoms with Gasteiger partial charge in [0, 0.05) is 6.42 Å². The minimum Gasteiger partial charge on any atom is -0.504 e. The van der Waals surface area contributed by atoms with Crippen LogP contribution in [0.25, 0.3) is 0 Å². The molecule has 1 amide bonds. The molecule has 3 heterocycles. The van der Waals surface area contributed by atoms with E-state index in [1.165, 1.54) is 13.5 Å². The highest BCUT2D eigenvalue weighted by Crippen LogP contribution is 2.37. The normalized spacial score (nSPS) is 20.2. The number of hydrogen-bond acceptors (Lipinski definition) is 6. The minimum absolute atomic E-state index is 0.00811. The van der Waals surface area contributed by atoms with Gasteiger partial charge in [0.05, 0.1) is 30.3 Å². The predicted molar refractivity (Wildman–Crippen MR) is 110 cm³/mol. The Labute approximate surface area is 169 Å². The zero-order valence-corrected chi connectivity index (χ0v) is 16.8. The van der Waals surface area contributed by atoms with Crippen LogP contribution in [0.3, 0.4) is 0 Å². The van der Waals surface area contributed by atoms with Crippen molar-refractivity contribution in [3.8, 4) is 11.5 Å². The van der Waals surface area contributed by atoms with E-state index in [1.54, 1.807) is 28.5 Å². The first-order valence-electron chi connectivity index (χ1n) is 9.68. The summed E-state index contributed by atoms with van der Waals surface area (Å²) in [5.41, 5.74) is 1.78. The first-order valence-corrected chi connectivity index (χ1v) is 10.6. The van der Waals surface area contributed by atoms with Crippen LogP contribution in [0, 0.1) is 0 Å². The van der Waals surface area contributed by atoms with Gasteiger partial charge in [0.15, 0.2) is 11.5 Å². The van der Waals surface area contributed by atoms with Crippen LogP contribution in [0.5, 0.6) is 11.5 Å².